The molecule has 2 amide bonds. The average molecular weight is 681 g/mol. The van der Waals surface area contributed by atoms with Crippen LogP contribution in [0.4, 0.5) is 4.79 Å². The molecule has 272 valence electrons. The van der Waals surface area contributed by atoms with Gasteiger partial charge in [-0.1, -0.05) is 32.1 Å². The monoisotopic (exact) mass is 680 g/mol. The number of aliphatic hydroxyl groups is 6. The van der Waals surface area contributed by atoms with Crippen molar-refractivity contribution in [2.24, 2.45) is 5.92 Å². The average Bonchev–Trinajstić information content (AvgIpc) is 3.05. The van der Waals surface area contributed by atoms with Gasteiger partial charge in [0.05, 0.1) is 18.8 Å². The van der Waals surface area contributed by atoms with Crippen LogP contribution in [0.25, 0.3) is 0 Å². The number of aliphatic carboxylic acids is 1. The number of rotatable bonds is 13. The molecule has 4 rings (SSSR count). The van der Waals surface area contributed by atoms with Gasteiger partial charge in [0.2, 0.25) is 0 Å². The highest BCUT2D eigenvalue weighted by Crippen LogP contribution is 2.34. The van der Waals surface area contributed by atoms with Gasteiger partial charge in [-0.25, -0.2) is 9.59 Å². The highest BCUT2D eigenvalue weighted by Gasteiger charge is 2.51. The molecule has 0 aromatic carbocycles. The Bertz CT molecular complexity index is 989. The predicted octanol–water partition coefficient (Wildman–Crippen LogP) is -2.06. The number of urea groups is 1. The van der Waals surface area contributed by atoms with E-state index in [-0.39, 0.29) is 31.9 Å². The van der Waals surface area contributed by atoms with Crippen LogP contribution in [0.5, 0.6) is 0 Å². The second-order valence-electron chi connectivity index (χ2n) is 12.8. The second kappa shape index (κ2) is 17.8. The summed E-state index contributed by atoms with van der Waals surface area (Å²) in [5.74, 6) is -1.13. The van der Waals surface area contributed by atoms with Gasteiger partial charge in [0, 0.05) is 19.7 Å². The largest absolute Gasteiger partial charge is 0.479 e. The first-order valence-electron chi connectivity index (χ1n) is 16.6. The van der Waals surface area contributed by atoms with Crippen LogP contribution in [0.15, 0.2) is 0 Å². The van der Waals surface area contributed by atoms with Crippen LogP contribution in [0.3, 0.4) is 0 Å². The highest BCUT2D eigenvalue weighted by molar-refractivity contribution is 5.73. The van der Waals surface area contributed by atoms with E-state index in [2.05, 4.69) is 10.6 Å². The number of carbonyl (C=O) groups is 2. The van der Waals surface area contributed by atoms with E-state index in [0.29, 0.717) is 6.54 Å². The molecule has 3 saturated heterocycles. The third-order valence-electron chi connectivity index (χ3n) is 9.37. The molecule has 0 radical (unpaired) electrons. The van der Waals surface area contributed by atoms with E-state index >= 15 is 0 Å². The van der Waals surface area contributed by atoms with Gasteiger partial charge in [-0.3, -0.25) is 0 Å². The molecular formula is C30H52N2O15. The molecule has 47 heavy (non-hydrogen) atoms. The SMILES string of the molecule is CCNC(=O)NCC1OCC[C@H](O[C@H]2O[C@@H](CO)[C@@H](O)[C@H](O[C@@H](CC3CCCCC3)C(=O)O)[C@H]2O)[C@H]1O[C@H]1O[C@H](C)[C@H](O)[C@@H](O)[C@@H]1O. The number of ether oxygens (including phenoxy) is 6. The Balaban J connectivity index is 1.53. The summed E-state index contributed by atoms with van der Waals surface area (Å²) in [5, 5.41) is 78.6. The molecule has 1 unspecified atom stereocenters. The fourth-order valence-corrected chi connectivity index (χ4v) is 6.66. The van der Waals surface area contributed by atoms with Crippen molar-refractivity contribution in [1.29, 1.82) is 0 Å². The lowest BCUT2D eigenvalue weighted by Crippen LogP contribution is -2.64. The zero-order valence-electron chi connectivity index (χ0n) is 26.8. The number of nitrogens with one attached hydrogen (secondary N) is 2. The van der Waals surface area contributed by atoms with Gasteiger partial charge in [0.25, 0.3) is 0 Å². The summed E-state index contributed by atoms with van der Waals surface area (Å²) in [6.07, 6.45) is -13.9. The smallest absolute Gasteiger partial charge is 0.332 e. The van der Waals surface area contributed by atoms with Crippen molar-refractivity contribution in [3.63, 3.8) is 0 Å². The number of carboxylic acids is 1. The minimum Gasteiger partial charge on any atom is -0.479 e. The third kappa shape index (κ3) is 9.70. The van der Waals surface area contributed by atoms with Crippen LogP contribution in [0.2, 0.25) is 0 Å². The molecule has 14 atom stereocenters. The first kappa shape index (κ1) is 38.1. The van der Waals surface area contributed by atoms with Crippen molar-refractivity contribution < 1.29 is 73.8 Å². The Kier molecular flexibility index (Phi) is 14.4. The molecule has 0 aromatic heterocycles. The molecule has 9 N–H and O–H groups in total. The standard InChI is InChI=1S/C30H52N2O15/c1-3-31-30(41)32-12-18-25(47-28-23(37)22(36)20(34)14(2)43-28)16(9-10-42-18)45-29-24(38)26(21(35)19(13-33)46-29)44-17(27(39)40)11-15-7-5-4-6-8-15/h14-26,28-29,33-38H,3-13H2,1-2H3,(H,39,40)(H2,31,32,41)/t14-,16+,17+,18?,19+,20+,21-,22-,23+,24-,25-,26+,28-,29+/m1/s1. The van der Waals surface area contributed by atoms with Crippen molar-refractivity contribution in [2.75, 3.05) is 26.3 Å². The lowest BCUT2D eigenvalue weighted by molar-refractivity contribution is -0.355. The van der Waals surface area contributed by atoms with E-state index in [1.807, 2.05) is 0 Å². The molecular weight excluding hydrogens is 628 g/mol. The lowest BCUT2D eigenvalue weighted by atomic mass is 9.85. The van der Waals surface area contributed by atoms with E-state index in [1.54, 1.807) is 6.92 Å². The van der Waals surface area contributed by atoms with E-state index in [1.165, 1.54) is 6.92 Å². The van der Waals surface area contributed by atoms with E-state index in [0.717, 1.165) is 32.1 Å². The van der Waals surface area contributed by atoms with Crippen LogP contribution < -0.4 is 10.6 Å². The van der Waals surface area contributed by atoms with Gasteiger partial charge in [-0.05, 0) is 32.6 Å². The first-order valence-corrected chi connectivity index (χ1v) is 16.6. The van der Waals surface area contributed by atoms with Crippen LogP contribution in [-0.4, -0.2) is 160 Å². The lowest BCUT2D eigenvalue weighted by Gasteiger charge is -2.47. The Morgan fingerprint density at radius 2 is 1.53 bits per heavy atom. The Labute approximate surface area is 273 Å². The number of hydrogen-bond donors (Lipinski definition) is 9. The second-order valence-corrected chi connectivity index (χ2v) is 12.8. The molecule has 17 heteroatoms. The van der Waals surface area contributed by atoms with Crippen LogP contribution >= 0.6 is 0 Å². The zero-order valence-corrected chi connectivity index (χ0v) is 26.8. The van der Waals surface area contributed by atoms with E-state index < -0.39 is 104 Å². The van der Waals surface area contributed by atoms with E-state index in [4.69, 9.17) is 28.4 Å². The summed E-state index contributed by atoms with van der Waals surface area (Å²) in [7, 11) is 0. The maximum Gasteiger partial charge on any atom is 0.332 e. The quantitative estimate of drug-likeness (QED) is 0.101. The minimum atomic E-state index is -1.70. The van der Waals surface area contributed by atoms with Gasteiger partial charge in [0.15, 0.2) is 18.7 Å². The molecule has 0 spiro atoms. The normalized spacial score (nSPS) is 40.8. The fraction of sp³-hybridized carbons (Fsp3) is 0.933. The number of aliphatic hydroxyl groups excluding tert-OH is 6. The van der Waals surface area contributed by atoms with Crippen molar-refractivity contribution >= 4 is 12.0 Å². The van der Waals surface area contributed by atoms with Crippen molar-refractivity contribution in [1.82, 2.24) is 10.6 Å². The zero-order chi connectivity index (χ0) is 34.2. The summed E-state index contributed by atoms with van der Waals surface area (Å²) in [6.45, 7) is 2.92. The van der Waals surface area contributed by atoms with Crippen LogP contribution in [0, 0.1) is 5.92 Å². The maximum atomic E-state index is 12.2. The first-order chi connectivity index (χ1) is 22.4. The van der Waals surface area contributed by atoms with Gasteiger partial charge >= 0.3 is 12.0 Å². The van der Waals surface area contributed by atoms with E-state index in [9.17, 15) is 45.3 Å². The molecule has 1 saturated carbocycles. The summed E-state index contributed by atoms with van der Waals surface area (Å²) in [6, 6.07) is -0.481. The molecule has 17 nitrogen and oxygen atoms in total. The number of amides is 2. The number of carbonyl (C=O) groups excluding carboxylic acids is 1. The van der Waals surface area contributed by atoms with Crippen molar-refractivity contribution in [3.05, 3.63) is 0 Å². The van der Waals surface area contributed by atoms with Gasteiger partial charge in [-0.15, -0.1) is 0 Å². The van der Waals surface area contributed by atoms with Crippen molar-refractivity contribution in [2.45, 2.75) is 145 Å². The topological polar surface area (TPSA) is 255 Å². The highest BCUT2D eigenvalue weighted by atomic mass is 16.7. The summed E-state index contributed by atoms with van der Waals surface area (Å²) >= 11 is 0. The van der Waals surface area contributed by atoms with Crippen molar-refractivity contribution in [3.8, 4) is 0 Å². The van der Waals surface area contributed by atoms with Crippen LogP contribution in [-0.2, 0) is 33.2 Å². The summed E-state index contributed by atoms with van der Waals surface area (Å²) in [5.41, 5.74) is 0. The summed E-state index contributed by atoms with van der Waals surface area (Å²) < 4.78 is 35.4. The predicted molar refractivity (Wildman–Crippen MR) is 159 cm³/mol. The molecule has 1 aliphatic carbocycles. The molecule has 3 heterocycles. The van der Waals surface area contributed by atoms with Gasteiger partial charge in [-0.2, -0.15) is 0 Å². The Hall–Kier alpha value is -1.74. The summed E-state index contributed by atoms with van der Waals surface area (Å²) in [4.78, 5) is 24.4. The molecule has 4 aliphatic rings. The Morgan fingerprint density at radius 3 is 2.19 bits per heavy atom. The molecule has 3 aliphatic heterocycles. The van der Waals surface area contributed by atoms with Crippen LogP contribution in [0.1, 0.15) is 58.8 Å². The maximum absolute atomic E-state index is 12.2. The Morgan fingerprint density at radius 1 is 0.830 bits per heavy atom. The third-order valence-corrected chi connectivity index (χ3v) is 9.37. The van der Waals surface area contributed by atoms with Gasteiger partial charge < -0.3 is 74.8 Å². The molecule has 0 bridgehead atoms. The molecule has 4 fully saturated rings. The number of carboxylic acid groups (broad SMARTS) is 1. The fourth-order valence-electron chi connectivity index (χ4n) is 6.66. The molecule has 0 aromatic rings. The van der Waals surface area contributed by atoms with Gasteiger partial charge in [0.1, 0.15) is 54.9 Å². The number of hydrogen-bond acceptors (Lipinski definition) is 14. The minimum absolute atomic E-state index is 0.0842.